The van der Waals surface area contributed by atoms with Gasteiger partial charge in [-0.25, -0.2) is 0 Å². The predicted molar refractivity (Wildman–Crippen MR) is 38.3 cm³/mol. The molecule has 1 nitrogen and oxygen atoms in total. The summed E-state index contributed by atoms with van der Waals surface area (Å²) in [5.41, 5.74) is 0.931. The van der Waals surface area contributed by atoms with Crippen molar-refractivity contribution in [3.8, 4) is 0 Å². The standard InChI is InChI=1S/C8H9O.W/c1-4-7(2)5-6-8(3)9;/h1,4-5H,2-3H3;/q-1;/b7-5-;. The Labute approximate surface area is 72.2 Å². The summed E-state index contributed by atoms with van der Waals surface area (Å²) >= 11 is 1.18. The number of Topliss-reactive ketones (excluding diaryl/α,β-unsaturated/α-hetero) is 1. The van der Waals surface area contributed by atoms with Crippen molar-refractivity contribution >= 4 is 9.68 Å². The first-order valence-corrected chi connectivity index (χ1v) is 4.32. The number of rotatable bonds is 3. The maximum atomic E-state index is 10.7. The summed E-state index contributed by atoms with van der Waals surface area (Å²) < 4.78 is 0.819. The Balaban J connectivity index is 4.27. The number of allylic oxidation sites excluding steroid dienone is 3. The molecule has 2 heteroatoms. The van der Waals surface area contributed by atoms with Crippen LogP contribution in [-0.4, -0.2) is 9.68 Å². The van der Waals surface area contributed by atoms with Crippen LogP contribution < -0.4 is 0 Å². The van der Waals surface area contributed by atoms with Crippen molar-refractivity contribution in [2.24, 2.45) is 0 Å². The summed E-state index contributed by atoms with van der Waals surface area (Å²) in [7, 11) is 0. The molecule has 0 amide bonds. The van der Waals surface area contributed by atoms with Gasteiger partial charge in [0.2, 0.25) is 0 Å². The third-order valence-corrected chi connectivity index (χ3v) is 2.42. The van der Waals surface area contributed by atoms with Crippen molar-refractivity contribution in [1.29, 1.82) is 0 Å². The van der Waals surface area contributed by atoms with Crippen molar-refractivity contribution in [1.82, 2.24) is 0 Å². The minimum atomic E-state index is 0.121. The van der Waals surface area contributed by atoms with Crippen molar-refractivity contribution in [2.45, 2.75) is 13.8 Å². The van der Waals surface area contributed by atoms with Crippen LogP contribution in [0.5, 0.6) is 0 Å². The van der Waals surface area contributed by atoms with Crippen LogP contribution in [0.3, 0.4) is 0 Å². The van der Waals surface area contributed by atoms with E-state index in [4.69, 9.17) is 6.58 Å². The number of hydrogen-bond donors (Lipinski definition) is 0. The molecule has 0 heterocycles. The van der Waals surface area contributed by atoms with Gasteiger partial charge >= 0.3 is 72.0 Å². The van der Waals surface area contributed by atoms with Crippen LogP contribution in [0.25, 0.3) is 0 Å². The second-order valence-corrected chi connectivity index (χ2v) is 3.56. The summed E-state index contributed by atoms with van der Waals surface area (Å²) in [4.78, 5) is 10.7. The number of carbonyl (C=O) groups excluding carboxylic acids is 1. The molecule has 0 fully saturated rings. The molecule has 0 aliphatic carbocycles. The fraction of sp³-hybridized carbons (Fsp3) is 0.250. The first-order valence-electron chi connectivity index (χ1n) is 2.86. The Morgan fingerprint density at radius 3 is 2.30 bits per heavy atom. The molecule has 0 spiro atoms. The molecule has 0 aromatic heterocycles. The second-order valence-electron chi connectivity index (χ2n) is 1.98. The molecular weight excluding hydrogens is 296 g/mol. The van der Waals surface area contributed by atoms with E-state index >= 15 is 0 Å². The first-order chi connectivity index (χ1) is 4.57. The van der Waals surface area contributed by atoms with Crippen LogP contribution in [0.15, 0.2) is 17.7 Å². The quantitative estimate of drug-likeness (QED) is 0.566. The summed E-state index contributed by atoms with van der Waals surface area (Å²) in [6, 6.07) is 0. The Hall–Kier alpha value is -0.292. The maximum absolute atomic E-state index is 10.7. The van der Waals surface area contributed by atoms with Gasteiger partial charge in [0.15, 0.2) is 0 Å². The van der Waals surface area contributed by atoms with Crippen molar-refractivity contribution in [3.63, 3.8) is 0 Å². The molecule has 0 atom stereocenters. The molecule has 0 N–H and O–H groups in total. The van der Waals surface area contributed by atoms with Gasteiger partial charge < -0.3 is 0 Å². The van der Waals surface area contributed by atoms with Crippen molar-refractivity contribution < 1.29 is 24.1 Å². The van der Waals surface area contributed by atoms with Gasteiger partial charge in [-0.3, -0.25) is 0 Å². The molecule has 0 aliphatic heterocycles. The molecule has 0 aromatic carbocycles. The van der Waals surface area contributed by atoms with E-state index in [1.807, 2.05) is 6.92 Å². The van der Waals surface area contributed by atoms with Crippen LogP contribution in [0.1, 0.15) is 13.8 Å². The third-order valence-electron chi connectivity index (χ3n) is 0.969. The van der Waals surface area contributed by atoms with Gasteiger partial charge in [-0.1, -0.05) is 0 Å². The molecule has 54 valence electrons. The zero-order valence-electron chi connectivity index (χ0n) is 6.05. The van der Waals surface area contributed by atoms with Crippen LogP contribution in [0, 0.1) is 6.58 Å². The van der Waals surface area contributed by atoms with E-state index in [1.54, 1.807) is 13.0 Å². The van der Waals surface area contributed by atoms with Gasteiger partial charge in [-0.15, -0.1) is 0 Å². The number of carbonyl (C=O) groups is 1. The van der Waals surface area contributed by atoms with Gasteiger partial charge in [0.05, 0.1) is 0 Å². The molecule has 0 radical (unpaired) electrons. The van der Waals surface area contributed by atoms with Gasteiger partial charge in [0.1, 0.15) is 0 Å². The number of hydrogen-bond acceptors (Lipinski definition) is 1. The van der Waals surface area contributed by atoms with Gasteiger partial charge in [-0.2, -0.15) is 0 Å². The van der Waals surface area contributed by atoms with Crippen molar-refractivity contribution in [3.05, 3.63) is 24.3 Å². The fourth-order valence-corrected chi connectivity index (χ4v) is 1.02. The van der Waals surface area contributed by atoms with Crippen molar-refractivity contribution in [2.75, 3.05) is 0 Å². The van der Waals surface area contributed by atoms with Gasteiger partial charge in [0.25, 0.3) is 0 Å². The zero-order chi connectivity index (χ0) is 8.15. The van der Waals surface area contributed by atoms with E-state index in [-0.39, 0.29) is 5.78 Å². The normalized spacial score (nSPS) is 10.8. The van der Waals surface area contributed by atoms with Crippen LogP contribution in [0.4, 0.5) is 0 Å². The fourth-order valence-electron chi connectivity index (χ4n) is 0.357. The molecule has 0 aliphatic rings. The topological polar surface area (TPSA) is 17.1 Å². The molecule has 0 rings (SSSR count). The van der Waals surface area contributed by atoms with Crippen LogP contribution in [0.2, 0.25) is 0 Å². The molecule has 0 saturated heterocycles. The van der Waals surface area contributed by atoms with E-state index in [0.717, 1.165) is 9.47 Å². The molecule has 0 aromatic rings. The van der Waals surface area contributed by atoms with Gasteiger partial charge in [0, 0.05) is 0 Å². The molecule has 0 unspecified atom stereocenters. The summed E-state index contributed by atoms with van der Waals surface area (Å²) in [6.07, 6.45) is 3.30. The van der Waals surface area contributed by atoms with E-state index in [9.17, 15) is 4.79 Å². The number of ketones is 1. The summed E-state index contributed by atoms with van der Waals surface area (Å²) in [5, 5.41) is 0. The van der Waals surface area contributed by atoms with Gasteiger partial charge in [-0.05, 0) is 0 Å². The zero-order valence-corrected chi connectivity index (χ0v) is 8.98. The SMILES string of the molecule is [CH-]=C/C(C)=C\[C](=[W])C(C)=O. The minimum absolute atomic E-state index is 0.121. The first kappa shape index (κ1) is 9.71. The Morgan fingerprint density at radius 2 is 2.00 bits per heavy atom. The van der Waals surface area contributed by atoms with Crippen LogP contribution >= 0.6 is 0 Å². The molecule has 10 heavy (non-hydrogen) atoms. The molecular formula is C8H9OW-. The average molecular weight is 305 g/mol. The Kier molecular flexibility index (Phi) is 4.38. The Morgan fingerprint density at radius 1 is 1.50 bits per heavy atom. The molecule has 0 saturated carbocycles. The van der Waals surface area contributed by atoms with E-state index in [0.29, 0.717) is 0 Å². The Bertz CT molecular complexity index is 201. The monoisotopic (exact) mass is 305 g/mol. The predicted octanol–water partition coefficient (Wildman–Crippen LogP) is 1.23. The third kappa shape index (κ3) is 3.68. The second kappa shape index (κ2) is 4.51. The summed E-state index contributed by atoms with van der Waals surface area (Å²) in [5.74, 6) is 0.121. The van der Waals surface area contributed by atoms with E-state index < -0.39 is 0 Å². The van der Waals surface area contributed by atoms with E-state index in [1.165, 1.54) is 25.4 Å². The molecule has 0 bridgehead atoms. The van der Waals surface area contributed by atoms with Crippen LogP contribution in [-0.2, 0) is 24.1 Å². The average Bonchev–Trinajstić information content (AvgIpc) is 1.87. The summed E-state index contributed by atoms with van der Waals surface area (Å²) in [6.45, 7) is 8.64. The van der Waals surface area contributed by atoms with E-state index in [2.05, 4.69) is 0 Å².